The second kappa shape index (κ2) is 40.8. The fourth-order valence-corrected chi connectivity index (χ4v) is 6.65. The Morgan fingerprint density at radius 1 is 0.506 bits per heavy atom. The number of methoxy groups -OCH3 is 9. The van der Waals surface area contributed by atoms with E-state index in [4.69, 9.17) is 53.5 Å². The number of nitrogens with two attached hydrogens (primary N) is 1. The minimum Gasteiger partial charge on any atom is -0.507 e. The average Bonchev–Trinajstić information content (AvgIpc) is 3.41. The Bertz CT molecular complexity index is 2660. The van der Waals surface area contributed by atoms with E-state index in [-0.39, 0.29) is 43.5 Å². The first kappa shape index (κ1) is 72.7. The lowest BCUT2D eigenvalue weighted by Gasteiger charge is -2.12. The second-order valence-electron chi connectivity index (χ2n) is 14.4. The summed E-state index contributed by atoms with van der Waals surface area (Å²) in [6, 6.07) is 26.7. The minimum absolute atomic E-state index is 0. The Labute approximate surface area is 490 Å². The zero-order chi connectivity index (χ0) is 56.5. The monoisotopic (exact) mass is 1380 g/mol. The molecule has 24 heteroatoms. The average molecular weight is 1380 g/mol. The Morgan fingerprint density at radius 3 is 1.27 bits per heavy atom. The summed E-state index contributed by atoms with van der Waals surface area (Å²) in [5.41, 5.74) is 8.27. The van der Waals surface area contributed by atoms with E-state index in [0.29, 0.717) is 74.2 Å². The van der Waals surface area contributed by atoms with Crippen LogP contribution < -0.4 is 48.4 Å². The van der Waals surface area contributed by atoms with Crippen molar-refractivity contribution in [2.45, 2.75) is 35.1 Å². The highest BCUT2D eigenvalue weighted by atomic mass is 127. The highest BCUT2D eigenvalue weighted by Crippen LogP contribution is 2.42. The first-order valence-corrected chi connectivity index (χ1v) is 26.2. The standard InChI is InChI=1S/C16H17BrN2O4.C14H12BrFN2O3.C9H13NO3.C6H5BrO.C5H11NO2.CH3I.2CH4/c1-20-13-6-5-10(7-12(13)17)18-19-11-8-14(21-2)16(23-4)15(9-11)22-3;1-20-13-7-9(6-11(16)14(13)21-2)18-17-8-3-4-12(19)10(15)5-8;1-11-7-4-6(10)5-8(12-2)9(7)13-3;7-5-3-1-2-4-6(5)8;1-5(2)3-4-8-6-7;1-2;;/h5-9H,1-4H3;3-7,19H,1-2H3;4-5H,10H2,1-3H3;1-4,8H;5H,3-4H2,1-2H3;1H3;2*1H4. The number of phenols is 2. The number of nitrogen functional groups attached to an aromatic ring is 1. The summed E-state index contributed by atoms with van der Waals surface area (Å²) < 4.78 is 62.1. The molecular weight excluding hydrogens is 1310 g/mol. The quantitative estimate of drug-likeness (QED) is 0.0146. The van der Waals surface area contributed by atoms with Crippen LogP contribution in [0.15, 0.2) is 136 Å². The van der Waals surface area contributed by atoms with E-state index in [1.54, 1.807) is 104 Å². The van der Waals surface area contributed by atoms with Gasteiger partial charge in [0.25, 0.3) is 0 Å². The van der Waals surface area contributed by atoms with Gasteiger partial charge in [-0.1, -0.05) is 63.4 Å². The first-order chi connectivity index (χ1) is 36.0. The van der Waals surface area contributed by atoms with Crippen LogP contribution >= 0.6 is 70.4 Å². The molecule has 424 valence electrons. The van der Waals surface area contributed by atoms with Crippen LogP contribution in [0.5, 0.6) is 63.2 Å². The van der Waals surface area contributed by atoms with E-state index in [2.05, 4.69) is 115 Å². The number of ether oxygens (including phenoxy) is 9. The molecule has 6 rings (SSSR count). The Morgan fingerprint density at radius 2 is 0.896 bits per heavy atom. The molecule has 0 aliphatic heterocycles. The second-order valence-corrected chi connectivity index (χ2v) is 17.0. The Balaban J connectivity index is 0. The summed E-state index contributed by atoms with van der Waals surface area (Å²) >= 11 is 11.9. The van der Waals surface area contributed by atoms with Crippen molar-refractivity contribution in [3.05, 3.63) is 121 Å². The molecule has 0 amide bonds. The van der Waals surface area contributed by atoms with Gasteiger partial charge in [0.05, 0.1) is 100 Å². The fraction of sp³-hybridized carbons (Fsp3) is 0.321. The maximum Gasteiger partial charge on any atom is 0.203 e. The number of hydrogen-bond donors (Lipinski definition) is 3. The number of aromatic hydroxyl groups is 2. The van der Waals surface area contributed by atoms with Crippen molar-refractivity contribution >= 4 is 98.8 Å². The first-order valence-electron chi connectivity index (χ1n) is 21.7. The maximum absolute atomic E-state index is 13.8. The third kappa shape index (κ3) is 25.6. The van der Waals surface area contributed by atoms with Gasteiger partial charge in [-0.2, -0.15) is 20.5 Å². The number of rotatable bonds is 17. The summed E-state index contributed by atoms with van der Waals surface area (Å²) in [7, 11) is 13.7. The zero-order valence-electron chi connectivity index (χ0n) is 43.3. The molecule has 0 saturated heterocycles. The molecule has 0 bridgehead atoms. The lowest BCUT2D eigenvalue weighted by Crippen LogP contribution is -1.96. The summed E-state index contributed by atoms with van der Waals surface area (Å²) in [6.07, 6.45) is 0.895. The van der Waals surface area contributed by atoms with Gasteiger partial charge in [-0.05, 0) is 114 Å². The van der Waals surface area contributed by atoms with E-state index in [9.17, 15) is 14.4 Å². The number of hydrogen-bond acceptors (Lipinski definition) is 19. The largest absolute Gasteiger partial charge is 0.507 e. The van der Waals surface area contributed by atoms with Crippen molar-refractivity contribution < 1.29 is 62.1 Å². The van der Waals surface area contributed by atoms with Crippen LogP contribution in [0, 0.1) is 16.6 Å². The van der Waals surface area contributed by atoms with E-state index in [1.807, 2.05) is 29.2 Å². The van der Waals surface area contributed by atoms with Crippen molar-refractivity contribution in [2.24, 2.45) is 31.7 Å². The van der Waals surface area contributed by atoms with Crippen molar-refractivity contribution in [1.29, 1.82) is 0 Å². The molecule has 6 aromatic rings. The fourth-order valence-electron chi connectivity index (χ4n) is 5.47. The molecule has 0 saturated carbocycles. The van der Waals surface area contributed by atoms with E-state index < -0.39 is 5.82 Å². The molecule has 77 heavy (non-hydrogen) atoms. The van der Waals surface area contributed by atoms with Gasteiger partial charge in [-0.15, -0.1) is 4.91 Å². The van der Waals surface area contributed by atoms with Crippen LogP contribution in [0.2, 0.25) is 0 Å². The smallest absolute Gasteiger partial charge is 0.203 e. The number of alkyl halides is 1. The number of anilines is 1. The van der Waals surface area contributed by atoms with E-state index in [0.717, 1.165) is 21.1 Å². The summed E-state index contributed by atoms with van der Waals surface area (Å²) in [5.74, 6) is 4.62. The van der Waals surface area contributed by atoms with Crippen molar-refractivity contribution in [1.82, 2.24) is 0 Å². The molecular formula is C53H69Br3FIN6O13. The molecule has 6 aromatic carbocycles. The number of para-hydroxylation sites is 1. The Hall–Kier alpha value is -6.38. The summed E-state index contributed by atoms with van der Waals surface area (Å²) in [4.78, 5) is 15.5. The van der Waals surface area contributed by atoms with Gasteiger partial charge in [-0.25, -0.2) is 4.39 Å². The summed E-state index contributed by atoms with van der Waals surface area (Å²) in [6.45, 7) is 4.57. The van der Waals surface area contributed by atoms with Crippen LogP contribution in [0.1, 0.15) is 35.1 Å². The minimum atomic E-state index is -0.585. The van der Waals surface area contributed by atoms with Crippen LogP contribution in [0.3, 0.4) is 0 Å². The van der Waals surface area contributed by atoms with Gasteiger partial charge >= 0.3 is 0 Å². The predicted octanol–water partition coefficient (Wildman–Crippen LogP) is 17.1. The van der Waals surface area contributed by atoms with Gasteiger partial charge in [0, 0.05) is 42.1 Å². The van der Waals surface area contributed by atoms with Crippen LogP contribution in [0.4, 0.5) is 32.8 Å². The highest BCUT2D eigenvalue weighted by Gasteiger charge is 2.15. The highest BCUT2D eigenvalue weighted by molar-refractivity contribution is 14.1. The molecule has 0 aromatic heterocycles. The number of phenolic OH excluding ortho intramolecular Hbond substituents is 2. The lowest BCUT2D eigenvalue weighted by molar-refractivity contribution is 0.128. The van der Waals surface area contributed by atoms with Gasteiger partial charge in [0.1, 0.15) is 23.9 Å². The van der Waals surface area contributed by atoms with E-state index in [1.165, 1.54) is 32.4 Å². The van der Waals surface area contributed by atoms with Crippen molar-refractivity contribution in [3.63, 3.8) is 0 Å². The number of halogens is 5. The molecule has 0 heterocycles. The van der Waals surface area contributed by atoms with Crippen molar-refractivity contribution in [2.75, 3.05) is 81.3 Å². The zero-order valence-corrected chi connectivity index (χ0v) is 50.2. The molecule has 0 spiro atoms. The van der Waals surface area contributed by atoms with Gasteiger partial charge in [0.15, 0.2) is 45.7 Å². The summed E-state index contributed by atoms with van der Waals surface area (Å²) in [5, 5.41) is 36.9. The molecule has 0 unspecified atom stereocenters. The lowest BCUT2D eigenvalue weighted by atomic mass is 10.1. The van der Waals surface area contributed by atoms with Gasteiger partial charge in [-0.3, -0.25) is 0 Å². The van der Waals surface area contributed by atoms with Gasteiger partial charge < -0.3 is 63.4 Å². The third-order valence-electron chi connectivity index (χ3n) is 9.08. The van der Waals surface area contributed by atoms with Gasteiger partial charge in [0.2, 0.25) is 11.5 Å². The number of benzene rings is 6. The molecule has 0 atom stereocenters. The maximum atomic E-state index is 13.8. The number of azo groups is 2. The Kier molecular flexibility index (Phi) is 38.5. The number of nitrogens with zero attached hydrogens (tertiary/aromatic N) is 5. The normalized spacial score (nSPS) is 9.74. The molecule has 0 radical (unpaired) electrons. The van der Waals surface area contributed by atoms with Crippen LogP contribution in [-0.4, -0.2) is 85.7 Å². The predicted molar refractivity (Wildman–Crippen MR) is 321 cm³/mol. The molecule has 0 aliphatic carbocycles. The third-order valence-corrected chi connectivity index (χ3v) is 11.0. The van der Waals surface area contributed by atoms with Crippen LogP contribution in [-0.2, 0) is 4.84 Å². The molecule has 0 aliphatic rings. The topological polar surface area (TPSA) is 238 Å². The molecule has 0 fully saturated rings. The molecule has 4 N–H and O–H groups in total. The molecule has 19 nitrogen and oxygen atoms in total. The van der Waals surface area contributed by atoms with Crippen molar-refractivity contribution in [3.8, 4) is 63.2 Å². The SMILES string of the molecule is C.C.CC(C)CCON=O.CI.COc1cc(N)cc(OC)c1OC.COc1cc(N=Nc2ccc(O)c(Br)c2)cc(F)c1OC.COc1ccc(N=Nc2cc(OC)c(OC)c(OC)c2)cc1Br.Oc1ccccc1Br. The van der Waals surface area contributed by atoms with E-state index >= 15 is 0 Å². The van der Waals surface area contributed by atoms with Crippen LogP contribution in [0.25, 0.3) is 0 Å².